The number of ether oxygens (including phenoxy) is 2. The van der Waals surface area contributed by atoms with E-state index in [0.717, 1.165) is 12.0 Å². The summed E-state index contributed by atoms with van der Waals surface area (Å²) in [6.45, 7) is 4.16. The van der Waals surface area contributed by atoms with Crippen molar-refractivity contribution in [3.63, 3.8) is 0 Å². The molecule has 1 atom stereocenters. The molecule has 0 fully saturated rings. The van der Waals surface area contributed by atoms with Crippen LogP contribution in [0.1, 0.15) is 36.2 Å². The number of amides is 1. The van der Waals surface area contributed by atoms with Crippen molar-refractivity contribution in [3.05, 3.63) is 53.6 Å². The van der Waals surface area contributed by atoms with E-state index in [1.807, 2.05) is 19.1 Å². The maximum Gasteiger partial charge on any atom is 0.306 e. The highest BCUT2D eigenvalue weighted by atomic mass is 16.5. The minimum absolute atomic E-state index is 0.282. The third kappa shape index (κ3) is 5.74. The zero-order valence-electron chi connectivity index (χ0n) is 15.8. The van der Waals surface area contributed by atoms with E-state index in [2.05, 4.69) is 5.32 Å². The first-order valence-electron chi connectivity index (χ1n) is 8.88. The maximum atomic E-state index is 12.6. The minimum atomic E-state index is -0.827. The van der Waals surface area contributed by atoms with Gasteiger partial charge in [-0.25, -0.2) is 0 Å². The number of carboxylic acid groups (broad SMARTS) is 1. The summed E-state index contributed by atoms with van der Waals surface area (Å²) in [5.74, 6) is -0.472. The molecular formula is C21H25NO5. The number of hydrogen-bond acceptors (Lipinski definition) is 4. The smallest absolute Gasteiger partial charge is 0.306 e. The summed E-state index contributed by atoms with van der Waals surface area (Å²) in [5, 5.41) is 11.8. The molecule has 6 nitrogen and oxygen atoms in total. The van der Waals surface area contributed by atoms with Crippen molar-refractivity contribution >= 4 is 17.6 Å². The van der Waals surface area contributed by atoms with E-state index in [1.54, 1.807) is 44.4 Å². The van der Waals surface area contributed by atoms with Crippen LogP contribution in [-0.2, 0) is 11.2 Å². The molecule has 2 rings (SSSR count). The molecule has 2 aromatic rings. The van der Waals surface area contributed by atoms with Gasteiger partial charge < -0.3 is 19.9 Å². The van der Waals surface area contributed by atoms with Crippen LogP contribution in [0.2, 0.25) is 0 Å². The molecule has 0 radical (unpaired) electrons. The number of carboxylic acids is 1. The lowest BCUT2D eigenvalue weighted by molar-refractivity contribution is -0.141. The van der Waals surface area contributed by atoms with Crippen LogP contribution in [0.25, 0.3) is 0 Å². The second-order valence-corrected chi connectivity index (χ2v) is 6.31. The van der Waals surface area contributed by atoms with Crippen LogP contribution < -0.4 is 14.8 Å². The van der Waals surface area contributed by atoms with Crippen molar-refractivity contribution in [1.29, 1.82) is 0 Å². The maximum absolute atomic E-state index is 12.6. The molecule has 0 bridgehead atoms. The van der Waals surface area contributed by atoms with Gasteiger partial charge >= 0.3 is 5.97 Å². The number of carbonyl (C=O) groups is 2. The lowest BCUT2D eigenvalue weighted by Crippen LogP contribution is -2.14. The Morgan fingerprint density at radius 1 is 1.15 bits per heavy atom. The molecule has 0 aliphatic carbocycles. The summed E-state index contributed by atoms with van der Waals surface area (Å²) in [5.41, 5.74) is 1.95. The Hall–Kier alpha value is -3.02. The fourth-order valence-corrected chi connectivity index (χ4v) is 2.51. The van der Waals surface area contributed by atoms with E-state index >= 15 is 0 Å². The Bertz CT molecular complexity index is 786. The molecule has 1 amide bonds. The molecule has 0 saturated carbocycles. The Morgan fingerprint density at radius 2 is 1.85 bits per heavy atom. The van der Waals surface area contributed by atoms with Crippen LogP contribution in [-0.4, -0.2) is 30.7 Å². The Labute approximate surface area is 159 Å². The zero-order chi connectivity index (χ0) is 19.8. The second-order valence-electron chi connectivity index (χ2n) is 6.31. The molecule has 6 heteroatoms. The van der Waals surface area contributed by atoms with Crippen molar-refractivity contribution in [2.75, 3.05) is 19.0 Å². The molecule has 0 aliphatic rings. The highest BCUT2D eigenvalue weighted by Gasteiger charge is 2.15. The van der Waals surface area contributed by atoms with E-state index in [4.69, 9.17) is 14.6 Å². The molecule has 2 N–H and O–H groups in total. The fourth-order valence-electron chi connectivity index (χ4n) is 2.51. The van der Waals surface area contributed by atoms with Gasteiger partial charge in [-0.1, -0.05) is 26.0 Å². The number of hydrogen-bond donors (Lipinski definition) is 2. The lowest BCUT2D eigenvalue weighted by Gasteiger charge is -2.13. The van der Waals surface area contributed by atoms with Gasteiger partial charge in [0.15, 0.2) is 0 Å². The Kier molecular flexibility index (Phi) is 7.23. The number of benzene rings is 2. The summed E-state index contributed by atoms with van der Waals surface area (Å²) in [6.07, 6.45) is 1.27. The van der Waals surface area contributed by atoms with E-state index in [-0.39, 0.29) is 5.91 Å². The first-order chi connectivity index (χ1) is 12.9. The molecular weight excluding hydrogens is 346 g/mol. The van der Waals surface area contributed by atoms with Crippen molar-refractivity contribution in [1.82, 2.24) is 0 Å². The van der Waals surface area contributed by atoms with Crippen LogP contribution in [0.15, 0.2) is 42.5 Å². The molecule has 1 unspecified atom stereocenters. The number of rotatable bonds is 9. The molecule has 27 heavy (non-hydrogen) atoms. The Morgan fingerprint density at radius 3 is 2.44 bits per heavy atom. The highest BCUT2D eigenvalue weighted by Crippen LogP contribution is 2.26. The zero-order valence-corrected chi connectivity index (χ0v) is 15.8. The number of carbonyl (C=O) groups excluding carboxylic acids is 1. The molecule has 0 heterocycles. The van der Waals surface area contributed by atoms with E-state index in [9.17, 15) is 9.59 Å². The minimum Gasteiger partial charge on any atom is -0.497 e. The quantitative estimate of drug-likeness (QED) is 0.696. The van der Waals surface area contributed by atoms with Crippen molar-refractivity contribution in [2.45, 2.75) is 26.7 Å². The highest BCUT2D eigenvalue weighted by molar-refractivity contribution is 6.06. The van der Waals surface area contributed by atoms with Crippen molar-refractivity contribution < 1.29 is 24.2 Å². The normalized spacial score (nSPS) is 11.5. The molecule has 144 valence electrons. The first-order valence-corrected chi connectivity index (χ1v) is 8.88. The van der Waals surface area contributed by atoms with Gasteiger partial charge in [-0.15, -0.1) is 0 Å². The van der Waals surface area contributed by atoms with E-state index in [0.29, 0.717) is 35.8 Å². The average Bonchev–Trinajstić information content (AvgIpc) is 2.67. The van der Waals surface area contributed by atoms with Gasteiger partial charge in [-0.2, -0.15) is 0 Å². The van der Waals surface area contributed by atoms with Crippen LogP contribution in [0.5, 0.6) is 11.5 Å². The van der Waals surface area contributed by atoms with Gasteiger partial charge in [0.05, 0.1) is 25.2 Å². The summed E-state index contributed by atoms with van der Waals surface area (Å²) in [4.78, 5) is 23.6. The first kappa shape index (κ1) is 20.3. The molecule has 2 aromatic carbocycles. The monoisotopic (exact) mass is 371 g/mol. The van der Waals surface area contributed by atoms with Crippen LogP contribution in [0.4, 0.5) is 5.69 Å². The average molecular weight is 371 g/mol. The SMILES string of the molecule is CCCOc1cc(OC)ccc1C(=O)Nc1ccc(CC(C)C(=O)O)cc1. The fraction of sp³-hybridized carbons (Fsp3) is 0.333. The largest absolute Gasteiger partial charge is 0.497 e. The number of aliphatic carboxylic acids is 1. The second kappa shape index (κ2) is 9.62. The predicted octanol–water partition coefficient (Wildman–Crippen LogP) is 4.00. The van der Waals surface area contributed by atoms with Gasteiger partial charge in [0.2, 0.25) is 0 Å². The molecule has 0 aliphatic heterocycles. The summed E-state index contributed by atoms with van der Waals surface area (Å²) < 4.78 is 10.9. The predicted molar refractivity (Wildman–Crippen MR) is 104 cm³/mol. The number of methoxy groups -OCH3 is 1. The number of nitrogens with one attached hydrogen (secondary N) is 1. The van der Waals surface area contributed by atoms with Gasteiger partial charge in [-0.3, -0.25) is 9.59 Å². The summed E-state index contributed by atoms with van der Waals surface area (Å²) in [6, 6.07) is 12.2. The van der Waals surface area contributed by atoms with Crippen LogP contribution in [0.3, 0.4) is 0 Å². The molecule has 0 saturated heterocycles. The Balaban J connectivity index is 2.11. The van der Waals surface area contributed by atoms with Gasteiger partial charge in [-0.05, 0) is 42.7 Å². The summed E-state index contributed by atoms with van der Waals surface area (Å²) in [7, 11) is 1.56. The van der Waals surface area contributed by atoms with E-state index < -0.39 is 11.9 Å². The number of anilines is 1. The topological polar surface area (TPSA) is 84.9 Å². The van der Waals surface area contributed by atoms with Crippen LogP contribution in [0, 0.1) is 5.92 Å². The summed E-state index contributed by atoms with van der Waals surface area (Å²) >= 11 is 0. The van der Waals surface area contributed by atoms with Crippen molar-refractivity contribution in [2.24, 2.45) is 5.92 Å². The van der Waals surface area contributed by atoms with Crippen LogP contribution >= 0.6 is 0 Å². The van der Waals surface area contributed by atoms with Crippen molar-refractivity contribution in [3.8, 4) is 11.5 Å². The third-order valence-electron chi connectivity index (χ3n) is 4.07. The third-order valence-corrected chi connectivity index (χ3v) is 4.07. The van der Waals surface area contributed by atoms with Gasteiger partial charge in [0.25, 0.3) is 5.91 Å². The standard InChI is InChI=1S/C21H25NO5/c1-4-11-27-19-13-17(26-3)9-10-18(19)20(23)22-16-7-5-15(6-8-16)12-14(2)21(24)25/h5-10,13-14H,4,11-12H2,1-3H3,(H,22,23)(H,24,25). The van der Waals surface area contributed by atoms with Gasteiger partial charge in [0.1, 0.15) is 11.5 Å². The molecule has 0 aromatic heterocycles. The van der Waals surface area contributed by atoms with Gasteiger partial charge in [0, 0.05) is 11.8 Å². The lowest BCUT2D eigenvalue weighted by atomic mass is 10.0. The molecule has 0 spiro atoms. The van der Waals surface area contributed by atoms with E-state index in [1.165, 1.54) is 0 Å².